The second kappa shape index (κ2) is 6.62. The molecule has 0 aromatic heterocycles. The molecule has 3 fully saturated rings. The van der Waals surface area contributed by atoms with Crippen LogP contribution in [0.1, 0.15) is 65.2 Å². The molecule has 4 rings (SSSR count). The van der Waals surface area contributed by atoms with Crippen LogP contribution in [0.15, 0.2) is 16.8 Å². The Hall–Kier alpha value is -1.80. The van der Waals surface area contributed by atoms with Gasteiger partial charge in [-0.25, -0.2) is 4.79 Å². The van der Waals surface area contributed by atoms with E-state index in [-0.39, 0.29) is 10.8 Å². The second-order valence-electron chi connectivity index (χ2n) is 9.75. The van der Waals surface area contributed by atoms with Crippen molar-refractivity contribution in [2.75, 3.05) is 6.61 Å². The Morgan fingerprint density at radius 1 is 1.25 bits per heavy atom. The zero-order valence-electron chi connectivity index (χ0n) is 16.9. The zero-order chi connectivity index (χ0) is 20.2. The molecule has 3 saturated carbocycles. The molecule has 28 heavy (non-hydrogen) atoms. The predicted molar refractivity (Wildman–Crippen MR) is 107 cm³/mol. The van der Waals surface area contributed by atoms with Gasteiger partial charge in [0.05, 0.1) is 5.71 Å². The lowest BCUT2D eigenvalue weighted by Crippen LogP contribution is -2.54. The summed E-state index contributed by atoms with van der Waals surface area (Å²) in [6.07, 6.45) is 15.8. The number of rotatable bonds is 3. The van der Waals surface area contributed by atoms with Crippen LogP contribution in [0.4, 0.5) is 0 Å². The number of aliphatic carboxylic acids is 1. The average Bonchev–Trinajstić information content (AvgIpc) is 2.93. The van der Waals surface area contributed by atoms with Crippen molar-refractivity contribution in [2.45, 2.75) is 70.8 Å². The largest absolute Gasteiger partial charge is 0.479 e. The minimum atomic E-state index is -1.01. The monoisotopic (exact) mass is 385 g/mol. The van der Waals surface area contributed by atoms with Gasteiger partial charge in [0.15, 0.2) is 0 Å². The van der Waals surface area contributed by atoms with Crippen LogP contribution in [0.25, 0.3) is 0 Å². The van der Waals surface area contributed by atoms with Gasteiger partial charge in [-0.1, -0.05) is 30.5 Å². The van der Waals surface area contributed by atoms with Crippen molar-refractivity contribution in [1.82, 2.24) is 0 Å². The number of nitrogens with zero attached hydrogens (tertiary/aromatic N) is 1. The molecule has 0 unspecified atom stereocenters. The van der Waals surface area contributed by atoms with Gasteiger partial charge in [-0.05, 0) is 80.6 Å². The smallest absolute Gasteiger partial charge is 0.344 e. The van der Waals surface area contributed by atoms with E-state index >= 15 is 0 Å². The lowest BCUT2D eigenvalue weighted by Gasteiger charge is -2.58. The van der Waals surface area contributed by atoms with Gasteiger partial charge in [0.25, 0.3) is 0 Å². The fourth-order valence-electron chi connectivity index (χ4n) is 7.07. The first-order valence-corrected chi connectivity index (χ1v) is 10.6. The number of hydrogen-bond donors (Lipinski definition) is 2. The van der Waals surface area contributed by atoms with Gasteiger partial charge in [-0.2, -0.15) is 0 Å². The molecule has 5 heteroatoms. The molecule has 0 amide bonds. The molecule has 0 radical (unpaired) electrons. The summed E-state index contributed by atoms with van der Waals surface area (Å²) in [6, 6.07) is 0. The molecule has 0 aromatic carbocycles. The van der Waals surface area contributed by atoms with Gasteiger partial charge in [-0.15, -0.1) is 6.42 Å². The van der Waals surface area contributed by atoms with E-state index in [9.17, 15) is 9.90 Å². The third kappa shape index (κ3) is 2.72. The number of carbonyl (C=O) groups is 1. The molecule has 0 aromatic rings. The molecular formula is C23H31NO4. The minimum absolute atomic E-state index is 0.160. The van der Waals surface area contributed by atoms with Crippen molar-refractivity contribution in [3.05, 3.63) is 11.6 Å². The standard InChI is InChI=1S/C23H31NO4/c1-4-23(27)12-9-19-17-6-5-15-13-16(24-28-14-20(25)26)7-10-21(15,2)18(17)8-11-22(19,23)3/h1,13,17-19,27H,5-12,14H2,2-3H3,(H,25,26)/b24-16+/t17-,18+,19-,21+,22+,23-/m1/s1. The highest BCUT2D eigenvalue weighted by Crippen LogP contribution is 2.67. The van der Waals surface area contributed by atoms with E-state index in [4.69, 9.17) is 16.4 Å². The Morgan fingerprint density at radius 3 is 2.71 bits per heavy atom. The quantitative estimate of drug-likeness (QED) is 0.572. The number of carboxylic acid groups (broad SMARTS) is 1. The SMILES string of the molecule is C#C[C@@]1(O)CC[C@@H]2[C@@H]3CCC4=C/C(=N/OCC(=O)O)CC[C@]4(C)[C@H]3CC[C@@]21C. The third-order valence-electron chi connectivity index (χ3n) is 8.74. The van der Waals surface area contributed by atoms with Crippen LogP contribution in [0.3, 0.4) is 0 Å². The summed E-state index contributed by atoms with van der Waals surface area (Å²) in [4.78, 5) is 15.6. The zero-order valence-corrected chi connectivity index (χ0v) is 16.9. The van der Waals surface area contributed by atoms with Gasteiger partial charge >= 0.3 is 5.97 Å². The topological polar surface area (TPSA) is 79.1 Å². The van der Waals surface area contributed by atoms with Crippen LogP contribution in [0.2, 0.25) is 0 Å². The van der Waals surface area contributed by atoms with Crippen LogP contribution in [0.5, 0.6) is 0 Å². The summed E-state index contributed by atoms with van der Waals surface area (Å²) in [5, 5.41) is 23.8. The molecule has 0 aliphatic heterocycles. The van der Waals surface area contributed by atoms with E-state index in [2.05, 4.69) is 31.0 Å². The van der Waals surface area contributed by atoms with Crippen LogP contribution in [-0.4, -0.2) is 34.1 Å². The maximum Gasteiger partial charge on any atom is 0.344 e. The van der Waals surface area contributed by atoms with Crippen molar-refractivity contribution in [3.63, 3.8) is 0 Å². The molecule has 6 atom stereocenters. The number of hydrogen-bond acceptors (Lipinski definition) is 4. The highest BCUT2D eigenvalue weighted by molar-refractivity contribution is 5.96. The van der Waals surface area contributed by atoms with E-state index in [0.29, 0.717) is 17.8 Å². The summed E-state index contributed by atoms with van der Waals surface area (Å²) in [5.74, 6) is 3.47. The van der Waals surface area contributed by atoms with Gasteiger partial charge in [0.2, 0.25) is 6.61 Å². The first kappa shape index (κ1) is 19.5. The van der Waals surface area contributed by atoms with Gasteiger partial charge < -0.3 is 15.1 Å². The first-order chi connectivity index (χ1) is 13.2. The summed E-state index contributed by atoms with van der Waals surface area (Å²) in [5.41, 5.74) is 1.34. The summed E-state index contributed by atoms with van der Waals surface area (Å²) < 4.78 is 0. The number of allylic oxidation sites excluding steroid dienone is 2. The van der Waals surface area contributed by atoms with E-state index in [0.717, 1.165) is 57.1 Å². The predicted octanol–water partition coefficient (Wildman–Crippen LogP) is 3.77. The molecular weight excluding hydrogens is 354 g/mol. The number of terminal acetylenes is 1. The fourth-order valence-corrected chi connectivity index (χ4v) is 7.07. The normalized spacial score (nSPS) is 46.0. The van der Waals surface area contributed by atoms with Crippen molar-refractivity contribution < 1.29 is 19.8 Å². The van der Waals surface area contributed by atoms with E-state index in [1.54, 1.807) is 0 Å². The number of carboxylic acids is 1. The van der Waals surface area contributed by atoms with E-state index < -0.39 is 18.2 Å². The molecule has 0 heterocycles. The third-order valence-corrected chi connectivity index (χ3v) is 8.74. The number of aliphatic hydroxyl groups is 1. The van der Waals surface area contributed by atoms with Crippen molar-refractivity contribution >= 4 is 11.7 Å². The van der Waals surface area contributed by atoms with Crippen molar-refractivity contribution in [1.29, 1.82) is 0 Å². The van der Waals surface area contributed by atoms with Gasteiger partial charge in [-0.3, -0.25) is 0 Å². The highest BCUT2D eigenvalue weighted by Gasteiger charge is 2.63. The minimum Gasteiger partial charge on any atom is -0.479 e. The van der Waals surface area contributed by atoms with Crippen molar-refractivity contribution in [3.8, 4) is 12.3 Å². The molecule has 5 nitrogen and oxygen atoms in total. The lowest BCUT2D eigenvalue weighted by atomic mass is 9.46. The van der Waals surface area contributed by atoms with Crippen LogP contribution >= 0.6 is 0 Å². The molecule has 4 aliphatic rings. The maximum atomic E-state index is 11.1. The highest BCUT2D eigenvalue weighted by atomic mass is 16.6. The summed E-state index contributed by atoms with van der Waals surface area (Å²) >= 11 is 0. The Balaban J connectivity index is 1.57. The van der Waals surface area contributed by atoms with E-state index in [1.807, 2.05) is 0 Å². The number of fused-ring (bicyclic) bond motifs is 5. The molecule has 0 bridgehead atoms. The Kier molecular flexibility index (Phi) is 4.62. The van der Waals surface area contributed by atoms with Crippen LogP contribution in [-0.2, 0) is 9.63 Å². The Morgan fingerprint density at radius 2 is 2.00 bits per heavy atom. The lowest BCUT2D eigenvalue weighted by molar-refractivity contribution is -0.142. The molecule has 4 aliphatic carbocycles. The van der Waals surface area contributed by atoms with Crippen LogP contribution < -0.4 is 0 Å². The van der Waals surface area contributed by atoms with Crippen molar-refractivity contribution in [2.24, 2.45) is 33.7 Å². The summed E-state index contributed by atoms with van der Waals surface area (Å²) in [6.45, 7) is 4.22. The Labute approximate surface area is 167 Å². The number of oxime groups is 1. The molecule has 152 valence electrons. The summed E-state index contributed by atoms with van der Waals surface area (Å²) in [7, 11) is 0. The fraction of sp³-hybridized carbons (Fsp3) is 0.739. The average molecular weight is 386 g/mol. The Bertz CT molecular complexity index is 780. The van der Waals surface area contributed by atoms with Gasteiger partial charge in [0, 0.05) is 5.41 Å². The van der Waals surface area contributed by atoms with E-state index in [1.165, 1.54) is 5.57 Å². The molecule has 0 saturated heterocycles. The van der Waals surface area contributed by atoms with Gasteiger partial charge in [0.1, 0.15) is 5.60 Å². The van der Waals surface area contributed by atoms with Crippen LogP contribution in [0, 0.1) is 40.9 Å². The maximum absolute atomic E-state index is 11.1. The first-order valence-electron chi connectivity index (χ1n) is 10.6. The molecule has 0 spiro atoms. The molecule has 2 N–H and O–H groups in total. The second-order valence-corrected chi connectivity index (χ2v) is 9.75.